The second-order valence-corrected chi connectivity index (χ2v) is 2.82. The summed E-state index contributed by atoms with van der Waals surface area (Å²) in [6.45, 7) is 9.27. The summed E-state index contributed by atoms with van der Waals surface area (Å²) < 4.78 is 4.67. The summed E-state index contributed by atoms with van der Waals surface area (Å²) in [5, 5.41) is 8.06. The Morgan fingerprint density at radius 1 is 1.62 bits per heavy atom. The van der Waals surface area contributed by atoms with Gasteiger partial charge in [-0.2, -0.15) is 0 Å². The molecule has 3 nitrogen and oxygen atoms in total. The number of aliphatic hydroxyl groups is 1. The second kappa shape index (κ2) is 11.2. The van der Waals surface area contributed by atoms with E-state index in [0.717, 1.165) is 12.8 Å². The average Bonchev–Trinajstić information content (AvgIpc) is 2.03. The van der Waals surface area contributed by atoms with Gasteiger partial charge in [-0.1, -0.05) is 19.9 Å². The average molecular weight is 188 g/mol. The monoisotopic (exact) mass is 188 g/mol. The van der Waals surface area contributed by atoms with Crippen LogP contribution in [0.15, 0.2) is 12.7 Å². The van der Waals surface area contributed by atoms with Crippen molar-refractivity contribution < 1.29 is 14.6 Å². The number of unbranched alkanes of at least 4 members (excludes halogenated alkanes) is 1. The van der Waals surface area contributed by atoms with Crippen LogP contribution in [0.5, 0.6) is 0 Å². The third-order valence-corrected chi connectivity index (χ3v) is 0.909. The Balaban J connectivity index is 0. The van der Waals surface area contributed by atoms with Gasteiger partial charge in [0.25, 0.3) is 0 Å². The lowest BCUT2D eigenvalue weighted by Crippen LogP contribution is -2.00. The summed E-state index contributed by atoms with van der Waals surface area (Å²) >= 11 is 0. The van der Waals surface area contributed by atoms with Gasteiger partial charge in [0.05, 0.1) is 6.61 Å². The number of carbonyl (C=O) groups excluding carboxylic acids is 1. The van der Waals surface area contributed by atoms with E-state index < -0.39 is 0 Å². The summed E-state index contributed by atoms with van der Waals surface area (Å²) in [7, 11) is 0. The van der Waals surface area contributed by atoms with Gasteiger partial charge in [0.2, 0.25) is 0 Å². The Morgan fingerprint density at radius 2 is 2.08 bits per heavy atom. The van der Waals surface area contributed by atoms with Crippen LogP contribution in [-0.2, 0) is 9.53 Å². The highest BCUT2D eigenvalue weighted by Crippen LogP contribution is 1.88. The van der Waals surface area contributed by atoms with Gasteiger partial charge in [0.15, 0.2) is 0 Å². The van der Waals surface area contributed by atoms with Gasteiger partial charge in [-0.3, -0.25) is 0 Å². The van der Waals surface area contributed by atoms with E-state index >= 15 is 0 Å². The maximum absolute atomic E-state index is 10.3. The van der Waals surface area contributed by atoms with E-state index in [-0.39, 0.29) is 12.1 Å². The predicted molar refractivity (Wildman–Crippen MR) is 53.4 cm³/mol. The van der Waals surface area contributed by atoms with Crippen molar-refractivity contribution in [3.8, 4) is 0 Å². The first kappa shape index (κ1) is 14.7. The van der Waals surface area contributed by atoms with Gasteiger partial charge in [0.1, 0.15) is 0 Å². The molecule has 0 unspecified atom stereocenters. The van der Waals surface area contributed by atoms with Crippen molar-refractivity contribution in [3.05, 3.63) is 12.7 Å². The van der Waals surface area contributed by atoms with Gasteiger partial charge in [-0.05, 0) is 20.3 Å². The molecule has 78 valence electrons. The molecular weight excluding hydrogens is 168 g/mol. The van der Waals surface area contributed by atoms with Crippen LogP contribution in [0, 0.1) is 0 Å². The largest absolute Gasteiger partial charge is 0.463 e. The molecule has 0 aromatic rings. The Hall–Kier alpha value is -0.830. The molecule has 0 aliphatic carbocycles. The summed E-state index contributed by atoms with van der Waals surface area (Å²) in [6, 6.07) is 0. The Morgan fingerprint density at radius 3 is 2.38 bits per heavy atom. The van der Waals surface area contributed by atoms with Crippen molar-refractivity contribution in [2.75, 3.05) is 6.61 Å². The quantitative estimate of drug-likeness (QED) is 0.416. The molecule has 0 fully saturated rings. The van der Waals surface area contributed by atoms with Gasteiger partial charge < -0.3 is 9.84 Å². The zero-order chi connectivity index (χ0) is 10.7. The molecule has 0 saturated carbocycles. The highest BCUT2D eigenvalue weighted by Gasteiger charge is 1.91. The Labute approximate surface area is 80.4 Å². The normalized spacial score (nSPS) is 8.69. The molecule has 0 amide bonds. The molecule has 0 heterocycles. The van der Waals surface area contributed by atoms with E-state index in [2.05, 4.69) is 11.3 Å². The first-order valence-corrected chi connectivity index (χ1v) is 4.51. The summed E-state index contributed by atoms with van der Waals surface area (Å²) in [5.74, 6) is -0.330. The highest BCUT2D eigenvalue weighted by atomic mass is 16.5. The van der Waals surface area contributed by atoms with E-state index in [1.54, 1.807) is 13.8 Å². The molecule has 0 bridgehead atoms. The van der Waals surface area contributed by atoms with E-state index in [4.69, 9.17) is 5.11 Å². The molecule has 0 aromatic heterocycles. The molecule has 0 saturated heterocycles. The van der Waals surface area contributed by atoms with Crippen LogP contribution in [0.1, 0.15) is 33.6 Å². The molecule has 3 heteroatoms. The van der Waals surface area contributed by atoms with Gasteiger partial charge in [-0.15, -0.1) is 0 Å². The van der Waals surface area contributed by atoms with Crippen molar-refractivity contribution >= 4 is 5.97 Å². The predicted octanol–water partition coefficient (Wildman–Crippen LogP) is 1.90. The third kappa shape index (κ3) is 24.7. The minimum atomic E-state index is -0.330. The maximum atomic E-state index is 10.3. The second-order valence-electron chi connectivity index (χ2n) is 2.82. The zero-order valence-corrected chi connectivity index (χ0v) is 8.75. The number of aliphatic hydroxyl groups excluding tert-OH is 1. The number of hydrogen-bond acceptors (Lipinski definition) is 3. The molecule has 0 aromatic carbocycles. The van der Waals surface area contributed by atoms with Crippen molar-refractivity contribution in [3.63, 3.8) is 0 Å². The lowest BCUT2D eigenvalue weighted by molar-refractivity contribution is -0.137. The maximum Gasteiger partial charge on any atom is 0.330 e. The molecule has 13 heavy (non-hydrogen) atoms. The lowest BCUT2D eigenvalue weighted by Gasteiger charge is -1.97. The van der Waals surface area contributed by atoms with Crippen LogP contribution in [0.25, 0.3) is 0 Å². The Kier molecular flexibility index (Phi) is 12.6. The van der Waals surface area contributed by atoms with Gasteiger partial charge in [0, 0.05) is 12.2 Å². The molecule has 0 rings (SSSR count). The minimum absolute atomic E-state index is 0.167. The van der Waals surface area contributed by atoms with Crippen LogP contribution in [0.4, 0.5) is 0 Å². The third-order valence-electron chi connectivity index (χ3n) is 0.909. The van der Waals surface area contributed by atoms with Crippen LogP contribution in [-0.4, -0.2) is 23.8 Å². The van der Waals surface area contributed by atoms with Crippen LogP contribution in [0.2, 0.25) is 0 Å². The van der Waals surface area contributed by atoms with Crippen LogP contribution >= 0.6 is 0 Å². The molecule has 0 spiro atoms. The molecule has 0 aliphatic rings. The minimum Gasteiger partial charge on any atom is -0.463 e. The zero-order valence-electron chi connectivity index (χ0n) is 8.75. The smallest absolute Gasteiger partial charge is 0.330 e. The number of esters is 1. The van der Waals surface area contributed by atoms with E-state index in [9.17, 15) is 4.79 Å². The fourth-order valence-electron chi connectivity index (χ4n) is 0.376. The first-order valence-electron chi connectivity index (χ1n) is 4.51. The number of ether oxygens (including phenoxy) is 1. The van der Waals surface area contributed by atoms with Crippen molar-refractivity contribution in [1.29, 1.82) is 0 Å². The fourth-order valence-corrected chi connectivity index (χ4v) is 0.376. The molecule has 0 atom stereocenters. The fraction of sp³-hybridized carbons (Fsp3) is 0.700. The first-order chi connectivity index (χ1) is 6.04. The summed E-state index contributed by atoms with van der Waals surface area (Å²) in [5.41, 5.74) is 0. The lowest BCUT2D eigenvalue weighted by atomic mass is 10.4. The Bertz CT molecular complexity index is 127. The molecule has 0 aliphatic heterocycles. The molecule has 0 radical (unpaired) electrons. The number of hydrogen-bond donors (Lipinski definition) is 1. The standard InChI is InChI=1S/C7H12O2.C3H8O/c1-3-5-6-9-7(8)4-2;1-3(2)4/h4H,2-3,5-6H2,1H3;3-4H,1-2H3. The number of carbonyl (C=O) groups is 1. The highest BCUT2D eigenvalue weighted by molar-refractivity contribution is 5.81. The van der Waals surface area contributed by atoms with Crippen molar-refractivity contribution in [2.24, 2.45) is 0 Å². The topological polar surface area (TPSA) is 46.5 Å². The van der Waals surface area contributed by atoms with Crippen molar-refractivity contribution in [1.82, 2.24) is 0 Å². The van der Waals surface area contributed by atoms with Gasteiger partial charge in [-0.25, -0.2) is 4.79 Å². The van der Waals surface area contributed by atoms with Crippen LogP contribution < -0.4 is 0 Å². The van der Waals surface area contributed by atoms with E-state index in [1.165, 1.54) is 6.08 Å². The van der Waals surface area contributed by atoms with Gasteiger partial charge >= 0.3 is 5.97 Å². The summed E-state index contributed by atoms with van der Waals surface area (Å²) in [4.78, 5) is 10.3. The number of rotatable bonds is 4. The summed E-state index contributed by atoms with van der Waals surface area (Å²) in [6.07, 6.45) is 2.99. The van der Waals surface area contributed by atoms with E-state index in [0.29, 0.717) is 6.61 Å². The molecular formula is C10H20O3. The molecule has 1 N–H and O–H groups in total. The van der Waals surface area contributed by atoms with Crippen molar-refractivity contribution in [2.45, 2.75) is 39.7 Å². The van der Waals surface area contributed by atoms with Crippen LogP contribution in [0.3, 0.4) is 0 Å². The SMILES string of the molecule is C=CC(=O)OCCCC.CC(C)O. The van der Waals surface area contributed by atoms with E-state index in [1.807, 2.05) is 6.92 Å².